The summed E-state index contributed by atoms with van der Waals surface area (Å²) in [6.07, 6.45) is 2.21. The first kappa shape index (κ1) is 16.3. The summed E-state index contributed by atoms with van der Waals surface area (Å²) < 4.78 is 5.72. The Morgan fingerprint density at radius 3 is 2.58 bits per heavy atom. The molecule has 2 unspecified atom stereocenters. The Morgan fingerprint density at radius 1 is 1.26 bits per heavy atom. The molecule has 1 aromatic carbocycles. The van der Waals surface area contributed by atoms with Gasteiger partial charge in [-0.15, -0.1) is 0 Å². The van der Waals surface area contributed by atoms with Gasteiger partial charge in [0.2, 0.25) is 0 Å². The van der Waals surface area contributed by atoms with E-state index in [-0.39, 0.29) is 6.04 Å². The van der Waals surface area contributed by atoms with Gasteiger partial charge in [-0.05, 0) is 42.9 Å². The molecule has 3 N–H and O–H groups in total. The largest absolute Gasteiger partial charge is 0.492 e. The van der Waals surface area contributed by atoms with Crippen LogP contribution in [0, 0.1) is 11.8 Å². The highest BCUT2D eigenvalue weighted by Crippen LogP contribution is 2.19. The maximum atomic E-state index is 5.92. The molecule has 0 radical (unpaired) electrons. The minimum absolute atomic E-state index is 0.160. The lowest BCUT2D eigenvalue weighted by Gasteiger charge is -2.21. The van der Waals surface area contributed by atoms with Crippen molar-refractivity contribution in [3.63, 3.8) is 0 Å². The summed E-state index contributed by atoms with van der Waals surface area (Å²) in [7, 11) is 0. The van der Waals surface area contributed by atoms with Crippen LogP contribution in [0.4, 0.5) is 0 Å². The van der Waals surface area contributed by atoms with E-state index in [0.717, 1.165) is 12.2 Å². The van der Waals surface area contributed by atoms with Crippen molar-refractivity contribution < 1.29 is 4.74 Å². The minimum atomic E-state index is 0.160. The molecule has 0 saturated carbocycles. The zero-order chi connectivity index (χ0) is 14.3. The molecule has 3 nitrogen and oxygen atoms in total. The average molecular weight is 285 g/mol. The Labute approximate surface area is 121 Å². The van der Waals surface area contributed by atoms with Crippen molar-refractivity contribution in [1.82, 2.24) is 5.43 Å². The molecule has 4 heteroatoms. The van der Waals surface area contributed by atoms with Crippen LogP contribution in [0.25, 0.3) is 0 Å². The molecule has 2 atom stereocenters. The van der Waals surface area contributed by atoms with Crippen LogP contribution in [-0.2, 0) is 0 Å². The third kappa shape index (κ3) is 6.81. The van der Waals surface area contributed by atoms with Gasteiger partial charge in [0.15, 0.2) is 0 Å². The highest BCUT2D eigenvalue weighted by atomic mass is 35.5. The normalized spacial score (nSPS) is 14.4. The van der Waals surface area contributed by atoms with Crippen molar-refractivity contribution in [3.8, 4) is 5.75 Å². The number of rotatable bonds is 8. The second kappa shape index (κ2) is 8.41. The molecule has 0 fully saturated rings. The summed E-state index contributed by atoms with van der Waals surface area (Å²) in [6.45, 7) is 7.29. The second-order valence-corrected chi connectivity index (χ2v) is 6.04. The molecule has 0 saturated heterocycles. The van der Waals surface area contributed by atoms with Gasteiger partial charge >= 0.3 is 0 Å². The number of ether oxygens (including phenoxy) is 1. The predicted octanol–water partition coefficient (Wildman–Crippen LogP) is 3.62. The van der Waals surface area contributed by atoms with E-state index in [9.17, 15) is 0 Å². The van der Waals surface area contributed by atoms with Crippen LogP contribution in [0.3, 0.4) is 0 Å². The molecule has 0 aliphatic rings. The summed E-state index contributed by atoms with van der Waals surface area (Å²) in [4.78, 5) is 0. The number of nitrogens with one attached hydrogen (secondary N) is 1. The topological polar surface area (TPSA) is 47.3 Å². The van der Waals surface area contributed by atoms with Crippen LogP contribution in [0.15, 0.2) is 24.3 Å². The van der Waals surface area contributed by atoms with Crippen molar-refractivity contribution in [3.05, 3.63) is 29.3 Å². The first-order valence-corrected chi connectivity index (χ1v) is 7.23. The highest BCUT2D eigenvalue weighted by molar-refractivity contribution is 6.30. The van der Waals surface area contributed by atoms with Crippen molar-refractivity contribution in [2.75, 3.05) is 6.61 Å². The number of hydrogen-bond acceptors (Lipinski definition) is 3. The van der Waals surface area contributed by atoms with Gasteiger partial charge < -0.3 is 4.74 Å². The number of hydrazine groups is 1. The molecule has 0 heterocycles. The van der Waals surface area contributed by atoms with E-state index in [1.54, 1.807) is 0 Å². The molecule has 108 valence electrons. The van der Waals surface area contributed by atoms with E-state index in [2.05, 4.69) is 26.2 Å². The monoisotopic (exact) mass is 284 g/mol. The molecule has 0 aromatic heterocycles. The Kier molecular flexibility index (Phi) is 7.21. The van der Waals surface area contributed by atoms with E-state index in [0.29, 0.717) is 23.5 Å². The quantitative estimate of drug-likeness (QED) is 0.566. The van der Waals surface area contributed by atoms with Gasteiger partial charge in [-0.3, -0.25) is 11.3 Å². The third-order valence-electron chi connectivity index (χ3n) is 3.04. The fraction of sp³-hybridized carbons (Fsp3) is 0.600. The van der Waals surface area contributed by atoms with Gasteiger partial charge in [0.25, 0.3) is 0 Å². The smallest absolute Gasteiger partial charge is 0.120 e. The van der Waals surface area contributed by atoms with Crippen molar-refractivity contribution in [2.45, 2.75) is 39.7 Å². The van der Waals surface area contributed by atoms with E-state index in [1.807, 2.05) is 24.3 Å². The SMILES string of the molecule is CC(C)CC(C)CC(COc1cccc(Cl)c1)NN. The second-order valence-electron chi connectivity index (χ2n) is 5.60. The Hall–Kier alpha value is -0.770. The van der Waals surface area contributed by atoms with Crippen molar-refractivity contribution >= 4 is 11.6 Å². The lowest BCUT2D eigenvalue weighted by molar-refractivity contribution is 0.235. The van der Waals surface area contributed by atoms with E-state index >= 15 is 0 Å². The third-order valence-corrected chi connectivity index (χ3v) is 3.28. The van der Waals surface area contributed by atoms with Crippen LogP contribution in [-0.4, -0.2) is 12.6 Å². The van der Waals surface area contributed by atoms with E-state index < -0.39 is 0 Å². The summed E-state index contributed by atoms with van der Waals surface area (Å²) in [5, 5.41) is 0.683. The lowest BCUT2D eigenvalue weighted by Crippen LogP contribution is -2.40. The Morgan fingerprint density at radius 2 is 2.00 bits per heavy atom. The zero-order valence-electron chi connectivity index (χ0n) is 12.0. The molecule has 1 rings (SSSR count). The standard InChI is InChI=1S/C15H25ClN2O/c1-11(2)7-12(3)8-14(18-17)10-19-15-6-4-5-13(16)9-15/h4-6,9,11-12,14,18H,7-8,10,17H2,1-3H3. The van der Waals surface area contributed by atoms with Crippen LogP contribution in [0.5, 0.6) is 5.75 Å². The Balaban J connectivity index is 2.40. The highest BCUT2D eigenvalue weighted by Gasteiger charge is 2.14. The minimum Gasteiger partial charge on any atom is -0.492 e. The predicted molar refractivity (Wildman–Crippen MR) is 81.3 cm³/mol. The molecule has 1 aromatic rings. The van der Waals surface area contributed by atoms with Gasteiger partial charge in [-0.1, -0.05) is 38.4 Å². The summed E-state index contributed by atoms with van der Waals surface area (Å²) >= 11 is 5.92. The molecule has 0 aliphatic carbocycles. The molecular weight excluding hydrogens is 260 g/mol. The van der Waals surface area contributed by atoms with E-state index in [1.165, 1.54) is 6.42 Å². The van der Waals surface area contributed by atoms with Gasteiger partial charge in [-0.25, -0.2) is 0 Å². The first-order chi connectivity index (χ1) is 9.01. The maximum absolute atomic E-state index is 5.92. The molecule has 0 bridgehead atoms. The van der Waals surface area contributed by atoms with Crippen LogP contribution in [0.2, 0.25) is 5.02 Å². The van der Waals surface area contributed by atoms with Gasteiger partial charge in [-0.2, -0.15) is 0 Å². The van der Waals surface area contributed by atoms with E-state index in [4.69, 9.17) is 22.2 Å². The van der Waals surface area contributed by atoms with Gasteiger partial charge in [0.1, 0.15) is 12.4 Å². The first-order valence-electron chi connectivity index (χ1n) is 6.85. The zero-order valence-corrected chi connectivity index (χ0v) is 12.8. The molecule has 0 aliphatic heterocycles. The van der Waals surface area contributed by atoms with Crippen molar-refractivity contribution in [2.24, 2.45) is 17.7 Å². The molecule has 0 amide bonds. The van der Waals surface area contributed by atoms with Gasteiger partial charge in [0.05, 0.1) is 6.04 Å². The molecule has 19 heavy (non-hydrogen) atoms. The molecule has 0 spiro atoms. The fourth-order valence-corrected chi connectivity index (χ4v) is 2.50. The fourth-order valence-electron chi connectivity index (χ4n) is 2.32. The van der Waals surface area contributed by atoms with Crippen LogP contribution in [0.1, 0.15) is 33.6 Å². The van der Waals surface area contributed by atoms with Crippen LogP contribution < -0.4 is 16.0 Å². The average Bonchev–Trinajstić information content (AvgIpc) is 2.33. The van der Waals surface area contributed by atoms with Crippen molar-refractivity contribution in [1.29, 1.82) is 0 Å². The molecular formula is C15H25ClN2O. The van der Waals surface area contributed by atoms with Crippen LogP contribution >= 0.6 is 11.6 Å². The number of nitrogens with two attached hydrogens (primary N) is 1. The Bertz CT molecular complexity index is 371. The number of halogens is 1. The maximum Gasteiger partial charge on any atom is 0.120 e. The number of hydrogen-bond donors (Lipinski definition) is 2. The van der Waals surface area contributed by atoms with Gasteiger partial charge in [0, 0.05) is 5.02 Å². The summed E-state index contributed by atoms with van der Waals surface area (Å²) in [5.74, 6) is 7.71. The summed E-state index contributed by atoms with van der Waals surface area (Å²) in [5.41, 5.74) is 2.83. The lowest BCUT2D eigenvalue weighted by atomic mass is 9.93. The number of benzene rings is 1. The summed E-state index contributed by atoms with van der Waals surface area (Å²) in [6, 6.07) is 7.58.